The van der Waals surface area contributed by atoms with Crippen LogP contribution in [0.4, 0.5) is 10.9 Å². The van der Waals surface area contributed by atoms with Crippen molar-refractivity contribution >= 4 is 28.2 Å². The Morgan fingerprint density at radius 1 is 1.10 bits per heavy atom. The van der Waals surface area contributed by atoms with E-state index in [2.05, 4.69) is 30.4 Å². The maximum absolute atomic E-state index is 13.0. The predicted octanol–water partition coefficient (Wildman–Crippen LogP) is 3.65. The van der Waals surface area contributed by atoms with Gasteiger partial charge in [-0.25, -0.2) is 4.98 Å². The second kappa shape index (κ2) is 7.25. The van der Waals surface area contributed by atoms with Crippen molar-refractivity contribution in [3.05, 3.63) is 23.6 Å². The molecule has 0 unspecified atom stereocenters. The lowest BCUT2D eigenvalue weighted by atomic mass is 9.50. The average Bonchev–Trinajstić information content (AvgIpc) is 3.23. The summed E-state index contributed by atoms with van der Waals surface area (Å²) < 4.78 is 0. The number of carbonyl (C=O) groups is 1. The van der Waals surface area contributed by atoms with Crippen molar-refractivity contribution in [1.82, 2.24) is 20.2 Å². The second-order valence-corrected chi connectivity index (χ2v) is 10.9. The molecule has 7 rings (SSSR count). The largest absolute Gasteiger partial charge is 0.355 e. The van der Waals surface area contributed by atoms with Gasteiger partial charge < -0.3 is 10.2 Å². The van der Waals surface area contributed by atoms with Crippen molar-refractivity contribution in [2.45, 2.75) is 56.8 Å². The molecular weight excluding hydrogens is 396 g/mol. The summed E-state index contributed by atoms with van der Waals surface area (Å²) in [6, 6.07) is 0. The van der Waals surface area contributed by atoms with Gasteiger partial charge in [-0.3, -0.25) is 9.78 Å². The number of nitrogens with one attached hydrogen (secondary N) is 1. The molecule has 1 aliphatic heterocycles. The van der Waals surface area contributed by atoms with E-state index in [1.165, 1.54) is 43.5 Å². The highest BCUT2D eigenvalue weighted by Gasteiger charge is 2.53. The third-order valence-corrected chi connectivity index (χ3v) is 8.90. The van der Waals surface area contributed by atoms with Crippen LogP contribution in [0.15, 0.2) is 18.6 Å². The molecule has 5 fully saturated rings. The van der Waals surface area contributed by atoms with Gasteiger partial charge in [-0.15, -0.1) is 10.2 Å². The molecule has 1 amide bonds. The van der Waals surface area contributed by atoms with Gasteiger partial charge in [0.25, 0.3) is 0 Å². The first-order chi connectivity index (χ1) is 14.7. The van der Waals surface area contributed by atoms with Crippen LogP contribution in [0, 0.1) is 23.7 Å². The van der Waals surface area contributed by atoms with Crippen molar-refractivity contribution < 1.29 is 4.79 Å². The Balaban J connectivity index is 1.14. The maximum atomic E-state index is 13.0. The standard InChI is InChI=1S/C22H28N6OS/c29-19(17-2-1-5-28(13-17)18-12-23-3-4-24-18)25-21-27-26-20(30-21)22-9-14-6-15(10-22)8-16(7-14)11-22/h3-4,12,14-17H,1-2,5-11,13H2,(H,25,27,29)/t14?,15?,16?,17-,22?/m1/s1. The summed E-state index contributed by atoms with van der Waals surface area (Å²) in [6.07, 6.45) is 15.1. The normalized spacial score (nSPS) is 34.9. The molecule has 2 aromatic rings. The Hall–Kier alpha value is -2.09. The van der Waals surface area contributed by atoms with Gasteiger partial charge in [0.15, 0.2) is 0 Å². The fraction of sp³-hybridized carbons (Fsp3) is 0.682. The van der Waals surface area contributed by atoms with Crippen molar-refractivity contribution in [2.24, 2.45) is 23.7 Å². The third kappa shape index (κ3) is 3.29. The maximum Gasteiger partial charge on any atom is 0.231 e. The van der Waals surface area contributed by atoms with E-state index in [0.717, 1.165) is 43.0 Å². The number of aromatic nitrogens is 4. The predicted molar refractivity (Wildman–Crippen MR) is 115 cm³/mol. The minimum Gasteiger partial charge on any atom is -0.355 e. The van der Waals surface area contributed by atoms with Gasteiger partial charge in [-0.2, -0.15) is 0 Å². The summed E-state index contributed by atoms with van der Waals surface area (Å²) in [5.41, 5.74) is 0.239. The summed E-state index contributed by atoms with van der Waals surface area (Å²) in [7, 11) is 0. The van der Waals surface area contributed by atoms with E-state index in [0.29, 0.717) is 11.7 Å². The summed E-state index contributed by atoms with van der Waals surface area (Å²) in [5.74, 6) is 3.48. The monoisotopic (exact) mass is 424 g/mol. The van der Waals surface area contributed by atoms with Gasteiger partial charge in [0.05, 0.1) is 12.1 Å². The highest BCUT2D eigenvalue weighted by atomic mass is 32.1. The molecule has 4 bridgehead atoms. The summed E-state index contributed by atoms with van der Waals surface area (Å²) in [4.78, 5) is 23.7. The molecule has 8 heteroatoms. The van der Waals surface area contributed by atoms with Crippen LogP contribution in [0.5, 0.6) is 0 Å². The van der Waals surface area contributed by atoms with Gasteiger partial charge >= 0.3 is 0 Å². The van der Waals surface area contributed by atoms with Crippen molar-refractivity contribution in [3.63, 3.8) is 0 Å². The first kappa shape index (κ1) is 18.7. The summed E-state index contributed by atoms with van der Waals surface area (Å²) in [5, 5.41) is 13.9. The summed E-state index contributed by atoms with van der Waals surface area (Å²) >= 11 is 1.62. The topological polar surface area (TPSA) is 83.9 Å². The smallest absolute Gasteiger partial charge is 0.231 e. The number of hydrogen-bond donors (Lipinski definition) is 1. The van der Waals surface area contributed by atoms with Crippen LogP contribution in [-0.4, -0.2) is 39.2 Å². The molecule has 1 N–H and O–H groups in total. The van der Waals surface area contributed by atoms with E-state index in [-0.39, 0.29) is 17.2 Å². The molecule has 4 saturated carbocycles. The van der Waals surface area contributed by atoms with Gasteiger partial charge in [-0.1, -0.05) is 11.3 Å². The van der Waals surface area contributed by atoms with Crippen LogP contribution < -0.4 is 10.2 Å². The molecule has 7 nitrogen and oxygen atoms in total. The first-order valence-corrected chi connectivity index (χ1v) is 12.1. The zero-order valence-corrected chi connectivity index (χ0v) is 18.0. The van der Waals surface area contributed by atoms with Crippen molar-refractivity contribution in [2.75, 3.05) is 23.3 Å². The fourth-order valence-corrected chi connectivity index (χ4v) is 7.89. The molecule has 30 heavy (non-hydrogen) atoms. The van der Waals surface area contributed by atoms with E-state index in [1.807, 2.05) is 0 Å². The first-order valence-electron chi connectivity index (χ1n) is 11.3. The van der Waals surface area contributed by atoms with Gasteiger partial charge in [0, 0.05) is 30.9 Å². The number of rotatable bonds is 4. The zero-order valence-electron chi connectivity index (χ0n) is 17.2. The third-order valence-electron chi connectivity index (χ3n) is 7.81. The molecular formula is C22H28N6OS. The molecule has 3 heterocycles. The fourth-order valence-electron chi connectivity index (χ4n) is 6.92. The Kier molecular flexibility index (Phi) is 4.51. The molecule has 2 aromatic heterocycles. The molecule has 1 saturated heterocycles. The van der Waals surface area contributed by atoms with E-state index >= 15 is 0 Å². The van der Waals surface area contributed by atoms with E-state index in [4.69, 9.17) is 0 Å². The van der Waals surface area contributed by atoms with Gasteiger partial charge in [0.2, 0.25) is 11.0 Å². The SMILES string of the molecule is O=C(Nc1nnc(C23CC4CC(CC(C4)C2)C3)s1)[C@@H]1CCCN(c2cnccn2)C1. The van der Waals surface area contributed by atoms with Crippen LogP contribution in [0.3, 0.4) is 0 Å². The van der Waals surface area contributed by atoms with E-state index in [9.17, 15) is 4.79 Å². The molecule has 158 valence electrons. The number of hydrogen-bond acceptors (Lipinski definition) is 7. The molecule has 0 spiro atoms. The molecule has 4 aliphatic carbocycles. The average molecular weight is 425 g/mol. The Labute approximate surface area is 180 Å². The minimum atomic E-state index is -0.0624. The van der Waals surface area contributed by atoms with Crippen molar-refractivity contribution in [3.8, 4) is 0 Å². The van der Waals surface area contributed by atoms with Crippen LogP contribution in [0.2, 0.25) is 0 Å². The van der Waals surface area contributed by atoms with Crippen LogP contribution in [0.25, 0.3) is 0 Å². The number of nitrogens with zero attached hydrogens (tertiary/aromatic N) is 5. The Morgan fingerprint density at radius 2 is 1.87 bits per heavy atom. The molecule has 5 aliphatic rings. The molecule has 0 radical (unpaired) electrons. The quantitative estimate of drug-likeness (QED) is 0.807. The van der Waals surface area contributed by atoms with Crippen LogP contribution >= 0.6 is 11.3 Å². The summed E-state index contributed by atoms with van der Waals surface area (Å²) in [6.45, 7) is 1.59. The molecule has 1 atom stereocenters. The number of amides is 1. The van der Waals surface area contributed by atoms with Crippen LogP contribution in [0.1, 0.15) is 56.4 Å². The number of anilines is 2. The van der Waals surface area contributed by atoms with E-state index < -0.39 is 0 Å². The number of carbonyl (C=O) groups excluding carboxylic acids is 1. The Morgan fingerprint density at radius 3 is 2.57 bits per heavy atom. The lowest BCUT2D eigenvalue weighted by Gasteiger charge is -2.55. The van der Waals surface area contributed by atoms with Crippen molar-refractivity contribution in [1.29, 1.82) is 0 Å². The van der Waals surface area contributed by atoms with E-state index in [1.54, 1.807) is 29.9 Å². The minimum absolute atomic E-state index is 0.0526. The number of piperidine rings is 1. The highest BCUT2D eigenvalue weighted by Crippen LogP contribution is 2.61. The Bertz CT molecular complexity index is 895. The second-order valence-electron chi connectivity index (χ2n) is 9.95. The lowest BCUT2D eigenvalue weighted by molar-refractivity contribution is -0.120. The van der Waals surface area contributed by atoms with Crippen LogP contribution in [-0.2, 0) is 10.2 Å². The molecule has 0 aromatic carbocycles. The lowest BCUT2D eigenvalue weighted by Crippen LogP contribution is -2.48. The van der Waals surface area contributed by atoms with Gasteiger partial charge in [-0.05, 0) is 69.1 Å². The highest BCUT2D eigenvalue weighted by molar-refractivity contribution is 7.15. The van der Waals surface area contributed by atoms with Gasteiger partial charge in [0.1, 0.15) is 10.8 Å². The zero-order chi connectivity index (χ0) is 20.1.